The second kappa shape index (κ2) is 7.10. The Morgan fingerprint density at radius 1 is 1.24 bits per heavy atom. The summed E-state index contributed by atoms with van der Waals surface area (Å²) in [6.45, 7) is 6.95. The highest BCUT2D eigenvalue weighted by Gasteiger charge is 2.08. The molecule has 1 rings (SSSR count). The molecule has 0 saturated heterocycles. The van der Waals surface area contributed by atoms with Crippen LogP contribution in [0.3, 0.4) is 0 Å². The molecule has 2 nitrogen and oxygen atoms in total. The van der Waals surface area contributed by atoms with Crippen LogP contribution in [-0.4, -0.2) is 12.4 Å². The van der Waals surface area contributed by atoms with Gasteiger partial charge in [0.05, 0.1) is 6.61 Å². The summed E-state index contributed by atoms with van der Waals surface area (Å²) in [5, 5.41) is 0. The molecule has 0 unspecified atom stereocenters. The number of ketones is 1. The number of carbonyl (C=O) groups is 1. The van der Waals surface area contributed by atoms with E-state index in [1.165, 1.54) is 0 Å². The largest absolute Gasteiger partial charge is 0.494 e. The molecule has 0 radical (unpaired) electrons. The van der Waals surface area contributed by atoms with Crippen molar-refractivity contribution in [3.8, 4) is 5.75 Å². The van der Waals surface area contributed by atoms with Crippen LogP contribution in [0, 0.1) is 5.92 Å². The number of benzene rings is 1. The lowest BCUT2D eigenvalue weighted by molar-refractivity contribution is 0.0974. The molecule has 0 bridgehead atoms. The van der Waals surface area contributed by atoms with E-state index < -0.39 is 0 Å². The Labute approximate surface area is 104 Å². The fourth-order valence-electron chi connectivity index (χ4n) is 1.63. The summed E-state index contributed by atoms with van der Waals surface area (Å²) in [5.41, 5.74) is 0.789. The van der Waals surface area contributed by atoms with Gasteiger partial charge in [-0.05, 0) is 43.5 Å². The van der Waals surface area contributed by atoms with Crippen molar-refractivity contribution in [2.75, 3.05) is 6.61 Å². The topological polar surface area (TPSA) is 26.3 Å². The SMILES string of the molecule is CCOc1ccc(C(=O)CC[C@@H](C)CC)cc1. The molecule has 0 aliphatic carbocycles. The van der Waals surface area contributed by atoms with Crippen LogP contribution in [0.2, 0.25) is 0 Å². The van der Waals surface area contributed by atoms with Crippen molar-refractivity contribution in [3.63, 3.8) is 0 Å². The molecule has 1 atom stereocenters. The summed E-state index contributed by atoms with van der Waals surface area (Å²) in [6, 6.07) is 7.42. The first-order chi connectivity index (χ1) is 8.17. The molecule has 0 heterocycles. The number of Topliss-reactive ketones (excluding diaryl/α,β-unsaturated/α-hetero) is 1. The van der Waals surface area contributed by atoms with E-state index in [4.69, 9.17) is 4.74 Å². The number of hydrogen-bond acceptors (Lipinski definition) is 2. The number of ether oxygens (including phenoxy) is 1. The van der Waals surface area contributed by atoms with Gasteiger partial charge in [-0.15, -0.1) is 0 Å². The molecule has 94 valence electrons. The predicted molar refractivity (Wildman–Crippen MR) is 70.6 cm³/mol. The van der Waals surface area contributed by atoms with Crippen LogP contribution >= 0.6 is 0 Å². The van der Waals surface area contributed by atoms with Gasteiger partial charge in [-0.2, -0.15) is 0 Å². The average molecular weight is 234 g/mol. The summed E-state index contributed by atoms with van der Waals surface area (Å²) >= 11 is 0. The highest BCUT2D eigenvalue weighted by molar-refractivity contribution is 5.96. The summed E-state index contributed by atoms with van der Waals surface area (Å²) in [7, 11) is 0. The van der Waals surface area contributed by atoms with Gasteiger partial charge in [-0.1, -0.05) is 20.3 Å². The fraction of sp³-hybridized carbons (Fsp3) is 0.533. The predicted octanol–water partition coefficient (Wildman–Crippen LogP) is 4.09. The lowest BCUT2D eigenvalue weighted by Crippen LogP contribution is -2.02. The Morgan fingerprint density at radius 3 is 2.41 bits per heavy atom. The number of rotatable bonds is 7. The minimum atomic E-state index is 0.230. The zero-order valence-electron chi connectivity index (χ0n) is 11.0. The fourth-order valence-corrected chi connectivity index (χ4v) is 1.63. The van der Waals surface area contributed by atoms with Crippen molar-refractivity contribution >= 4 is 5.78 Å². The summed E-state index contributed by atoms with van der Waals surface area (Å²) in [4.78, 5) is 11.9. The Hall–Kier alpha value is -1.31. The first kappa shape index (κ1) is 13.8. The van der Waals surface area contributed by atoms with Crippen LogP contribution < -0.4 is 4.74 Å². The number of carbonyl (C=O) groups excluding carboxylic acids is 1. The summed E-state index contributed by atoms with van der Waals surface area (Å²) < 4.78 is 5.34. The van der Waals surface area contributed by atoms with E-state index in [1.807, 2.05) is 31.2 Å². The molecule has 0 spiro atoms. The molecule has 1 aromatic carbocycles. The maximum absolute atomic E-state index is 11.9. The van der Waals surface area contributed by atoms with Gasteiger partial charge in [0, 0.05) is 12.0 Å². The maximum Gasteiger partial charge on any atom is 0.162 e. The second-order valence-electron chi connectivity index (χ2n) is 4.43. The third-order valence-electron chi connectivity index (χ3n) is 3.05. The summed E-state index contributed by atoms with van der Waals surface area (Å²) in [6.07, 6.45) is 2.75. The van der Waals surface area contributed by atoms with Crippen LogP contribution in [0.1, 0.15) is 50.4 Å². The maximum atomic E-state index is 11.9. The van der Waals surface area contributed by atoms with Crippen LogP contribution in [0.25, 0.3) is 0 Å². The van der Waals surface area contributed by atoms with Crippen molar-refractivity contribution < 1.29 is 9.53 Å². The molecular formula is C15H22O2. The van der Waals surface area contributed by atoms with E-state index in [-0.39, 0.29) is 5.78 Å². The highest BCUT2D eigenvalue weighted by atomic mass is 16.5. The van der Waals surface area contributed by atoms with Crippen LogP contribution in [0.15, 0.2) is 24.3 Å². The molecule has 0 saturated carbocycles. The van der Waals surface area contributed by atoms with Crippen LogP contribution in [0.4, 0.5) is 0 Å². The van der Waals surface area contributed by atoms with Gasteiger partial charge in [-0.25, -0.2) is 0 Å². The molecule has 17 heavy (non-hydrogen) atoms. The lowest BCUT2D eigenvalue weighted by atomic mass is 9.98. The average Bonchev–Trinajstić information content (AvgIpc) is 2.36. The first-order valence-corrected chi connectivity index (χ1v) is 6.43. The smallest absolute Gasteiger partial charge is 0.162 e. The van der Waals surface area contributed by atoms with E-state index in [2.05, 4.69) is 13.8 Å². The Kier molecular flexibility index (Phi) is 5.75. The van der Waals surface area contributed by atoms with Gasteiger partial charge in [-0.3, -0.25) is 4.79 Å². The zero-order valence-corrected chi connectivity index (χ0v) is 11.0. The normalized spacial score (nSPS) is 12.2. The van der Waals surface area contributed by atoms with Gasteiger partial charge in [0.2, 0.25) is 0 Å². The second-order valence-corrected chi connectivity index (χ2v) is 4.43. The van der Waals surface area contributed by atoms with Gasteiger partial charge < -0.3 is 4.74 Å². The zero-order chi connectivity index (χ0) is 12.7. The first-order valence-electron chi connectivity index (χ1n) is 6.43. The molecule has 0 aromatic heterocycles. The van der Waals surface area contributed by atoms with E-state index in [0.29, 0.717) is 18.9 Å². The van der Waals surface area contributed by atoms with Crippen molar-refractivity contribution in [1.29, 1.82) is 0 Å². The van der Waals surface area contributed by atoms with Crippen LogP contribution in [-0.2, 0) is 0 Å². The van der Waals surface area contributed by atoms with Crippen LogP contribution in [0.5, 0.6) is 5.75 Å². The highest BCUT2D eigenvalue weighted by Crippen LogP contribution is 2.16. The Balaban J connectivity index is 2.51. The van der Waals surface area contributed by atoms with Gasteiger partial charge in [0.15, 0.2) is 5.78 Å². The quantitative estimate of drug-likeness (QED) is 0.664. The molecule has 2 heteroatoms. The minimum Gasteiger partial charge on any atom is -0.494 e. The standard InChI is InChI=1S/C15H22O2/c1-4-12(3)6-11-15(16)13-7-9-14(10-8-13)17-5-2/h7-10,12H,4-6,11H2,1-3H3/t12-/m0/s1. The Bertz CT molecular complexity index is 340. The van der Waals surface area contributed by atoms with Crippen molar-refractivity contribution in [2.45, 2.75) is 40.0 Å². The molecule has 1 aromatic rings. The van der Waals surface area contributed by atoms with Crippen molar-refractivity contribution in [2.24, 2.45) is 5.92 Å². The van der Waals surface area contributed by atoms with Crippen molar-refractivity contribution in [3.05, 3.63) is 29.8 Å². The molecule has 0 N–H and O–H groups in total. The molecular weight excluding hydrogens is 212 g/mol. The molecule has 0 aliphatic rings. The van der Waals surface area contributed by atoms with Crippen molar-refractivity contribution in [1.82, 2.24) is 0 Å². The van der Waals surface area contributed by atoms with Gasteiger partial charge in [0.1, 0.15) is 5.75 Å². The molecule has 0 amide bonds. The third kappa shape index (κ3) is 4.59. The van der Waals surface area contributed by atoms with Gasteiger partial charge >= 0.3 is 0 Å². The Morgan fingerprint density at radius 2 is 1.88 bits per heavy atom. The van der Waals surface area contributed by atoms with Gasteiger partial charge in [0.25, 0.3) is 0 Å². The lowest BCUT2D eigenvalue weighted by Gasteiger charge is -2.08. The summed E-state index contributed by atoms with van der Waals surface area (Å²) in [5.74, 6) is 1.68. The molecule has 0 aliphatic heterocycles. The minimum absolute atomic E-state index is 0.230. The monoisotopic (exact) mass is 234 g/mol. The van der Waals surface area contributed by atoms with E-state index in [1.54, 1.807) is 0 Å². The number of hydrogen-bond donors (Lipinski definition) is 0. The third-order valence-corrected chi connectivity index (χ3v) is 3.05. The molecule has 0 fully saturated rings. The van der Waals surface area contributed by atoms with E-state index in [9.17, 15) is 4.79 Å². The van der Waals surface area contributed by atoms with E-state index in [0.717, 1.165) is 24.2 Å². The van der Waals surface area contributed by atoms with E-state index >= 15 is 0 Å².